The van der Waals surface area contributed by atoms with Crippen LogP contribution in [0.2, 0.25) is 0 Å². The Morgan fingerprint density at radius 3 is 2.29 bits per heavy atom. The zero-order valence-corrected chi connectivity index (χ0v) is 27.9. The summed E-state index contributed by atoms with van der Waals surface area (Å²) < 4.78 is 24.4. The van der Waals surface area contributed by atoms with Gasteiger partial charge < -0.3 is 34.7 Å². The van der Waals surface area contributed by atoms with E-state index < -0.39 is 6.29 Å². The van der Waals surface area contributed by atoms with Crippen molar-refractivity contribution in [1.29, 1.82) is 0 Å². The molecule has 1 saturated heterocycles. The smallest absolute Gasteiger partial charge is 0.315 e. The molecule has 2 amide bonds. The summed E-state index contributed by atoms with van der Waals surface area (Å²) >= 11 is 0. The standard InChI is InChI=1S/C39H45N3O6/c1-4-40-39(44)41-22-27-6-5-7-31(18-27)28-12-14-30(15-13-28)38-47-34(21-35(48-38)29-10-8-26(25-43)9-11-29)24-42-17-16-32-19-36(45-2)37(46-3)20-33(32)23-42/h5-15,18-20,34-35,38,43H,4,16-17,21-25H2,1-3H3,(H2,40,41,44)/t34-,35+,38+/m0/s1. The first-order valence-corrected chi connectivity index (χ1v) is 16.6. The summed E-state index contributed by atoms with van der Waals surface area (Å²) in [7, 11) is 3.35. The molecule has 252 valence electrons. The Bertz CT molecular complexity index is 1680. The molecule has 4 aromatic rings. The van der Waals surface area contributed by atoms with E-state index in [1.165, 1.54) is 11.1 Å². The van der Waals surface area contributed by atoms with E-state index in [-0.39, 0.29) is 24.8 Å². The Morgan fingerprint density at radius 2 is 1.58 bits per heavy atom. The number of benzene rings is 4. The highest BCUT2D eigenvalue weighted by Gasteiger charge is 2.34. The second-order valence-corrected chi connectivity index (χ2v) is 12.3. The van der Waals surface area contributed by atoms with E-state index in [0.717, 1.165) is 77.4 Å². The van der Waals surface area contributed by atoms with Gasteiger partial charge in [0.15, 0.2) is 17.8 Å². The number of aliphatic hydroxyl groups is 1. The Labute approximate surface area is 282 Å². The van der Waals surface area contributed by atoms with Gasteiger partial charge in [0.1, 0.15) is 0 Å². The van der Waals surface area contributed by atoms with Gasteiger partial charge in [-0.2, -0.15) is 0 Å². The minimum absolute atomic E-state index is 0.00716. The average molecular weight is 652 g/mol. The van der Waals surface area contributed by atoms with Crippen LogP contribution in [-0.2, 0) is 35.6 Å². The van der Waals surface area contributed by atoms with Gasteiger partial charge in [0.25, 0.3) is 0 Å². The van der Waals surface area contributed by atoms with Gasteiger partial charge in [-0.1, -0.05) is 66.7 Å². The number of aliphatic hydroxyl groups excluding tert-OH is 1. The quantitative estimate of drug-likeness (QED) is 0.175. The van der Waals surface area contributed by atoms with Crippen LogP contribution in [0.15, 0.2) is 84.9 Å². The molecule has 3 N–H and O–H groups in total. The Kier molecular flexibility index (Phi) is 10.9. The lowest BCUT2D eigenvalue weighted by Gasteiger charge is -2.39. The van der Waals surface area contributed by atoms with E-state index in [2.05, 4.69) is 64.1 Å². The van der Waals surface area contributed by atoms with Crippen LogP contribution in [0.5, 0.6) is 11.5 Å². The summed E-state index contributed by atoms with van der Waals surface area (Å²) in [6, 6.07) is 28.5. The molecule has 0 unspecified atom stereocenters. The molecule has 0 aromatic heterocycles. The maximum absolute atomic E-state index is 11.9. The number of urea groups is 1. The van der Waals surface area contributed by atoms with Crippen molar-refractivity contribution in [3.63, 3.8) is 0 Å². The Hall–Kier alpha value is -4.41. The normalized spacial score (nSPS) is 19.3. The molecule has 2 aliphatic heterocycles. The Balaban J connectivity index is 1.18. The molecule has 0 aliphatic carbocycles. The molecule has 9 heteroatoms. The largest absolute Gasteiger partial charge is 0.493 e. The molecule has 0 saturated carbocycles. The van der Waals surface area contributed by atoms with Crippen LogP contribution in [0.4, 0.5) is 4.79 Å². The monoisotopic (exact) mass is 651 g/mol. The van der Waals surface area contributed by atoms with Crippen molar-refractivity contribution in [2.75, 3.05) is 33.9 Å². The van der Waals surface area contributed by atoms with Crippen LogP contribution in [0.1, 0.15) is 59.1 Å². The highest BCUT2D eigenvalue weighted by Crippen LogP contribution is 2.39. The number of hydrogen-bond acceptors (Lipinski definition) is 7. The summed E-state index contributed by atoms with van der Waals surface area (Å²) in [5, 5.41) is 15.2. The lowest BCUT2D eigenvalue weighted by atomic mass is 9.96. The number of carbonyl (C=O) groups excluding carboxylic acids is 1. The van der Waals surface area contributed by atoms with E-state index in [1.54, 1.807) is 14.2 Å². The third kappa shape index (κ3) is 7.99. The fourth-order valence-electron chi connectivity index (χ4n) is 6.52. The van der Waals surface area contributed by atoms with Crippen LogP contribution in [0, 0.1) is 0 Å². The van der Waals surface area contributed by atoms with E-state index in [0.29, 0.717) is 13.1 Å². The van der Waals surface area contributed by atoms with Gasteiger partial charge >= 0.3 is 6.03 Å². The van der Waals surface area contributed by atoms with Crippen LogP contribution >= 0.6 is 0 Å². The van der Waals surface area contributed by atoms with Crippen molar-refractivity contribution in [3.8, 4) is 22.6 Å². The third-order valence-electron chi connectivity index (χ3n) is 9.11. The molecule has 6 rings (SSSR count). The second-order valence-electron chi connectivity index (χ2n) is 12.3. The highest BCUT2D eigenvalue weighted by atomic mass is 16.7. The highest BCUT2D eigenvalue weighted by molar-refractivity contribution is 5.74. The molecule has 4 aromatic carbocycles. The maximum Gasteiger partial charge on any atom is 0.315 e. The summed E-state index contributed by atoms with van der Waals surface area (Å²) in [4.78, 5) is 14.3. The van der Waals surface area contributed by atoms with E-state index in [9.17, 15) is 9.90 Å². The summed E-state index contributed by atoms with van der Waals surface area (Å²) in [6.45, 7) is 5.45. The van der Waals surface area contributed by atoms with Gasteiger partial charge in [0, 0.05) is 44.7 Å². The molecule has 2 aliphatic rings. The molecule has 1 fully saturated rings. The molecule has 9 nitrogen and oxygen atoms in total. The second kappa shape index (κ2) is 15.7. The average Bonchev–Trinajstić information content (AvgIpc) is 3.13. The van der Waals surface area contributed by atoms with Crippen LogP contribution in [0.3, 0.4) is 0 Å². The van der Waals surface area contributed by atoms with Gasteiger partial charge in [0.05, 0.1) is 33.0 Å². The van der Waals surface area contributed by atoms with Crippen LogP contribution in [-0.4, -0.2) is 56.0 Å². The lowest BCUT2D eigenvalue weighted by Crippen LogP contribution is -2.41. The van der Waals surface area contributed by atoms with E-state index in [4.69, 9.17) is 18.9 Å². The predicted molar refractivity (Wildman–Crippen MR) is 185 cm³/mol. The number of nitrogens with one attached hydrogen (secondary N) is 2. The van der Waals surface area contributed by atoms with Crippen molar-refractivity contribution >= 4 is 6.03 Å². The fraction of sp³-hybridized carbons (Fsp3) is 0.359. The summed E-state index contributed by atoms with van der Waals surface area (Å²) in [5.74, 6) is 1.51. The van der Waals surface area contributed by atoms with Crippen LogP contribution in [0.25, 0.3) is 11.1 Å². The molecular weight excluding hydrogens is 606 g/mol. The van der Waals surface area contributed by atoms with Crippen molar-refractivity contribution in [2.24, 2.45) is 0 Å². The van der Waals surface area contributed by atoms with Crippen molar-refractivity contribution in [3.05, 3.63) is 118 Å². The summed E-state index contributed by atoms with van der Waals surface area (Å²) in [6.07, 6.45) is 0.908. The van der Waals surface area contributed by atoms with Gasteiger partial charge in [0.2, 0.25) is 0 Å². The molecule has 0 spiro atoms. The third-order valence-corrected chi connectivity index (χ3v) is 9.11. The lowest BCUT2D eigenvalue weighted by molar-refractivity contribution is -0.253. The van der Waals surface area contributed by atoms with Gasteiger partial charge in [-0.05, 0) is 70.5 Å². The molecule has 0 bridgehead atoms. The SMILES string of the molecule is CCNC(=O)NCc1cccc(-c2ccc([C@@H]3O[C@H](CN4CCc5cc(OC)c(OC)cc5C4)C[C@H](c4ccc(CO)cc4)O3)cc2)c1. The van der Waals surface area contributed by atoms with Gasteiger partial charge in [-0.15, -0.1) is 0 Å². The molecular formula is C39H45N3O6. The van der Waals surface area contributed by atoms with Crippen molar-refractivity contribution in [1.82, 2.24) is 15.5 Å². The topological polar surface area (TPSA) is 102 Å². The first-order chi connectivity index (χ1) is 23.5. The zero-order chi connectivity index (χ0) is 33.5. The minimum atomic E-state index is -0.533. The number of methoxy groups -OCH3 is 2. The zero-order valence-electron chi connectivity index (χ0n) is 27.9. The Morgan fingerprint density at radius 1 is 0.854 bits per heavy atom. The number of carbonyl (C=O) groups is 1. The van der Waals surface area contributed by atoms with Crippen molar-refractivity contribution in [2.45, 2.75) is 58.0 Å². The number of ether oxygens (including phenoxy) is 4. The first kappa shape index (κ1) is 33.5. The number of fused-ring (bicyclic) bond motifs is 1. The van der Waals surface area contributed by atoms with E-state index in [1.807, 2.05) is 43.3 Å². The number of rotatable bonds is 11. The number of nitrogens with zero attached hydrogens (tertiary/aromatic N) is 1. The fourth-order valence-corrected chi connectivity index (χ4v) is 6.52. The van der Waals surface area contributed by atoms with Gasteiger partial charge in [-0.3, -0.25) is 4.90 Å². The number of hydrogen-bond donors (Lipinski definition) is 3. The number of amides is 2. The predicted octanol–water partition coefficient (Wildman–Crippen LogP) is 6.29. The van der Waals surface area contributed by atoms with Gasteiger partial charge in [-0.25, -0.2) is 4.79 Å². The van der Waals surface area contributed by atoms with Crippen molar-refractivity contribution < 1.29 is 28.8 Å². The maximum atomic E-state index is 11.9. The molecule has 2 heterocycles. The molecule has 48 heavy (non-hydrogen) atoms. The molecule has 3 atom stereocenters. The van der Waals surface area contributed by atoms with Crippen LogP contribution < -0.4 is 20.1 Å². The van der Waals surface area contributed by atoms with E-state index >= 15 is 0 Å². The summed E-state index contributed by atoms with van der Waals surface area (Å²) in [5.41, 5.74) is 8.60. The minimum Gasteiger partial charge on any atom is -0.493 e. The first-order valence-electron chi connectivity index (χ1n) is 16.6. The molecule has 0 radical (unpaired) electrons.